The zero-order valence-electron chi connectivity index (χ0n) is 16.8. The van der Waals surface area contributed by atoms with E-state index in [1.54, 1.807) is 60.7 Å². The molecule has 2 heterocycles. The topological polar surface area (TPSA) is 84.0 Å². The van der Waals surface area contributed by atoms with Crippen molar-refractivity contribution in [2.45, 2.75) is 13.1 Å². The first-order chi connectivity index (χ1) is 14.1. The maximum absolute atomic E-state index is 12.7. The van der Waals surface area contributed by atoms with Gasteiger partial charge < -0.3 is 24.6 Å². The van der Waals surface area contributed by atoms with Crippen LogP contribution < -0.4 is 5.32 Å². The number of anilines is 1. The highest BCUT2D eigenvalue weighted by molar-refractivity contribution is 5.95. The molecule has 1 aliphatic rings. The molecule has 0 spiro atoms. The number of urea groups is 1. The number of benzene rings is 1. The van der Waals surface area contributed by atoms with Crippen molar-refractivity contribution in [3.63, 3.8) is 0 Å². The Bertz CT molecular complexity index is 808. The fraction of sp³-hybridized carbons (Fsp3) is 0.381. The molecule has 8 heteroatoms. The summed E-state index contributed by atoms with van der Waals surface area (Å²) in [6.45, 7) is 2.99. The van der Waals surface area contributed by atoms with Gasteiger partial charge in [0.25, 0.3) is 5.91 Å². The Kier molecular flexibility index (Phi) is 7.15. The van der Waals surface area contributed by atoms with E-state index in [1.165, 1.54) is 0 Å². The van der Waals surface area contributed by atoms with Crippen LogP contribution in [0.5, 0.6) is 0 Å². The van der Waals surface area contributed by atoms with Gasteiger partial charge in [-0.3, -0.25) is 9.78 Å². The Balaban J connectivity index is 1.59. The highest BCUT2D eigenvalue weighted by atomic mass is 16.5. The molecular formula is C21H26N4O4. The van der Waals surface area contributed by atoms with Crippen molar-refractivity contribution < 1.29 is 19.1 Å². The van der Waals surface area contributed by atoms with E-state index in [2.05, 4.69) is 10.3 Å². The molecule has 3 rings (SSSR count). The van der Waals surface area contributed by atoms with Crippen LogP contribution in [0.15, 0.2) is 42.7 Å². The molecule has 0 saturated heterocycles. The number of ether oxygens (including phenoxy) is 2. The summed E-state index contributed by atoms with van der Waals surface area (Å²) in [7, 11) is 3.21. The van der Waals surface area contributed by atoms with Crippen LogP contribution >= 0.6 is 0 Å². The van der Waals surface area contributed by atoms with E-state index >= 15 is 0 Å². The lowest BCUT2D eigenvalue weighted by Crippen LogP contribution is -2.36. The Morgan fingerprint density at radius 2 is 1.69 bits per heavy atom. The number of methoxy groups -OCH3 is 2. The number of rotatable bonds is 8. The fourth-order valence-corrected chi connectivity index (χ4v) is 3.16. The minimum Gasteiger partial charge on any atom is -0.383 e. The van der Waals surface area contributed by atoms with Gasteiger partial charge in [-0.15, -0.1) is 0 Å². The summed E-state index contributed by atoms with van der Waals surface area (Å²) in [5, 5.41) is 2.88. The Morgan fingerprint density at radius 3 is 2.31 bits per heavy atom. The van der Waals surface area contributed by atoms with E-state index in [4.69, 9.17) is 9.47 Å². The highest BCUT2D eigenvalue weighted by Crippen LogP contribution is 2.22. The summed E-state index contributed by atoms with van der Waals surface area (Å²) in [6.07, 6.45) is 3.53. The summed E-state index contributed by atoms with van der Waals surface area (Å²) in [4.78, 5) is 32.8. The molecule has 0 saturated carbocycles. The first-order valence-electron chi connectivity index (χ1n) is 9.47. The molecule has 8 nitrogen and oxygen atoms in total. The molecule has 154 valence electrons. The molecular weight excluding hydrogens is 372 g/mol. The minimum absolute atomic E-state index is 0.0977. The molecule has 29 heavy (non-hydrogen) atoms. The van der Waals surface area contributed by atoms with Crippen molar-refractivity contribution in [2.75, 3.05) is 45.8 Å². The molecule has 1 aromatic heterocycles. The smallest absolute Gasteiger partial charge is 0.322 e. The standard InChI is InChI=1S/C21H26N4O4/c1-28-11-9-24(10-12-29-2)20(26)16-3-5-19(6-4-16)23-21(27)25-14-17-7-8-22-13-18(17)15-25/h3-8,13H,9-12,14-15H2,1-2H3,(H,23,27). The van der Waals surface area contributed by atoms with E-state index in [0.717, 1.165) is 11.1 Å². The quantitative estimate of drug-likeness (QED) is 0.738. The molecule has 0 bridgehead atoms. The van der Waals surface area contributed by atoms with Crippen LogP contribution in [0, 0.1) is 0 Å². The molecule has 0 unspecified atom stereocenters. The van der Waals surface area contributed by atoms with Gasteiger partial charge in [0.1, 0.15) is 0 Å². The number of fused-ring (bicyclic) bond motifs is 1. The van der Waals surface area contributed by atoms with Crippen LogP contribution in [-0.4, -0.2) is 67.2 Å². The molecule has 2 aromatic rings. The van der Waals surface area contributed by atoms with E-state index in [1.807, 2.05) is 6.07 Å². The average molecular weight is 398 g/mol. The van der Waals surface area contributed by atoms with Gasteiger partial charge in [0.15, 0.2) is 0 Å². The Labute approximate surface area is 170 Å². The second kappa shape index (κ2) is 9.99. The van der Waals surface area contributed by atoms with Crippen LogP contribution in [0.1, 0.15) is 21.5 Å². The molecule has 1 aliphatic heterocycles. The monoisotopic (exact) mass is 398 g/mol. The van der Waals surface area contributed by atoms with Gasteiger partial charge in [-0.1, -0.05) is 0 Å². The van der Waals surface area contributed by atoms with Gasteiger partial charge in [-0.2, -0.15) is 0 Å². The third kappa shape index (κ3) is 5.30. The number of amides is 3. The minimum atomic E-state index is -0.179. The predicted octanol–water partition coefficient (Wildman–Crippen LogP) is 2.36. The number of carbonyl (C=O) groups excluding carboxylic acids is 2. The Morgan fingerprint density at radius 1 is 1.03 bits per heavy atom. The number of carbonyl (C=O) groups is 2. The molecule has 3 amide bonds. The number of aromatic nitrogens is 1. The first kappa shape index (κ1) is 20.8. The van der Waals surface area contributed by atoms with E-state index in [9.17, 15) is 9.59 Å². The summed E-state index contributed by atoms with van der Waals surface area (Å²) < 4.78 is 10.2. The second-order valence-corrected chi connectivity index (χ2v) is 6.79. The summed E-state index contributed by atoms with van der Waals surface area (Å²) >= 11 is 0. The molecule has 0 radical (unpaired) electrons. The SMILES string of the molecule is COCCN(CCOC)C(=O)c1ccc(NC(=O)N2Cc3ccncc3C2)cc1. The van der Waals surface area contributed by atoms with Crippen LogP contribution in [0.4, 0.5) is 10.5 Å². The van der Waals surface area contributed by atoms with Crippen molar-refractivity contribution in [3.05, 3.63) is 59.4 Å². The molecule has 0 fully saturated rings. The van der Waals surface area contributed by atoms with Crippen molar-refractivity contribution in [1.29, 1.82) is 0 Å². The van der Waals surface area contributed by atoms with Gasteiger partial charge in [0.05, 0.1) is 13.2 Å². The third-order valence-corrected chi connectivity index (χ3v) is 4.82. The normalized spacial score (nSPS) is 12.6. The molecule has 1 N–H and O–H groups in total. The van der Waals surface area contributed by atoms with Crippen LogP contribution in [0.2, 0.25) is 0 Å². The summed E-state index contributed by atoms with van der Waals surface area (Å²) in [5.74, 6) is -0.0977. The fourth-order valence-electron chi connectivity index (χ4n) is 3.16. The molecule has 0 atom stereocenters. The average Bonchev–Trinajstić information content (AvgIpc) is 3.18. The number of nitrogens with one attached hydrogen (secondary N) is 1. The zero-order valence-corrected chi connectivity index (χ0v) is 16.8. The Hall–Kier alpha value is -2.97. The van der Waals surface area contributed by atoms with Crippen molar-refractivity contribution in [1.82, 2.24) is 14.8 Å². The summed E-state index contributed by atoms with van der Waals surface area (Å²) in [5.41, 5.74) is 3.37. The second-order valence-electron chi connectivity index (χ2n) is 6.79. The first-order valence-corrected chi connectivity index (χ1v) is 9.47. The third-order valence-electron chi connectivity index (χ3n) is 4.82. The number of hydrogen-bond donors (Lipinski definition) is 1. The number of pyridine rings is 1. The van der Waals surface area contributed by atoms with Gasteiger partial charge >= 0.3 is 6.03 Å². The molecule has 0 aliphatic carbocycles. The van der Waals surface area contributed by atoms with E-state index in [-0.39, 0.29) is 11.9 Å². The van der Waals surface area contributed by atoms with E-state index < -0.39 is 0 Å². The highest BCUT2D eigenvalue weighted by Gasteiger charge is 2.23. The van der Waals surface area contributed by atoms with Gasteiger partial charge in [-0.05, 0) is 41.5 Å². The van der Waals surface area contributed by atoms with Crippen LogP contribution in [-0.2, 0) is 22.6 Å². The summed E-state index contributed by atoms with van der Waals surface area (Å²) in [6, 6.07) is 8.66. The lowest BCUT2D eigenvalue weighted by Gasteiger charge is -2.22. The maximum Gasteiger partial charge on any atom is 0.322 e. The predicted molar refractivity (Wildman–Crippen MR) is 109 cm³/mol. The zero-order chi connectivity index (χ0) is 20.6. The van der Waals surface area contributed by atoms with E-state index in [0.29, 0.717) is 50.6 Å². The van der Waals surface area contributed by atoms with Crippen molar-refractivity contribution >= 4 is 17.6 Å². The number of nitrogens with zero attached hydrogens (tertiary/aromatic N) is 3. The van der Waals surface area contributed by atoms with Crippen molar-refractivity contribution in [3.8, 4) is 0 Å². The van der Waals surface area contributed by atoms with Gasteiger partial charge in [-0.25, -0.2) is 4.79 Å². The van der Waals surface area contributed by atoms with Gasteiger partial charge in [0, 0.05) is 64.0 Å². The molecule has 1 aromatic carbocycles. The number of hydrogen-bond acceptors (Lipinski definition) is 5. The van der Waals surface area contributed by atoms with Gasteiger partial charge in [0.2, 0.25) is 0 Å². The lowest BCUT2D eigenvalue weighted by molar-refractivity contribution is 0.0627. The van der Waals surface area contributed by atoms with Crippen LogP contribution in [0.3, 0.4) is 0 Å². The lowest BCUT2D eigenvalue weighted by atomic mass is 10.1. The largest absolute Gasteiger partial charge is 0.383 e. The van der Waals surface area contributed by atoms with Crippen LogP contribution in [0.25, 0.3) is 0 Å². The van der Waals surface area contributed by atoms with Crippen molar-refractivity contribution in [2.24, 2.45) is 0 Å². The maximum atomic E-state index is 12.7.